The topological polar surface area (TPSA) is 54.2 Å². The Morgan fingerprint density at radius 2 is 1.97 bits per heavy atom. The van der Waals surface area contributed by atoms with Crippen molar-refractivity contribution in [3.05, 3.63) is 71.1 Å². The zero-order valence-electron chi connectivity index (χ0n) is 22.7. The predicted molar refractivity (Wildman–Crippen MR) is 150 cm³/mol. The van der Waals surface area contributed by atoms with Crippen molar-refractivity contribution in [1.29, 1.82) is 0 Å². The largest absolute Gasteiger partial charge is 0.397 e. The number of allylic oxidation sites excluding steroid dienone is 5. The highest BCUT2D eigenvalue weighted by molar-refractivity contribution is 5.64. The van der Waals surface area contributed by atoms with Gasteiger partial charge in [-0.3, -0.25) is 4.98 Å². The molecule has 1 aliphatic carbocycles. The molecule has 35 heavy (non-hydrogen) atoms. The highest BCUT2D eigenvalue weighted by Gasteiger charge is 2.38. The molecule has 2 aliphatic rings. The second-order valence-corrected chi connectivity index (χ2v) is 10.5. The van der Waals surface area contributed by atoms with Crippen LogP contribution in [0.5, 0.6) is 0 Å². The lowest BCUT2D eigenvalue weighted by atomic mass is 9.78. The van der Waals surface area contributed by atoms with Gasteiger partial charge in [0, 0.05) is 25.5 Å². The monoisotopic (exact) mass is 476 g/mol. The number of nitrogens with two attached hydrogens (primary N) is 1. The van der Waals surface area contributed by atoms with Gasteiger partial charge in [-0.15, -0.1) is 0 Å². The predicted octanol–water partition coefficient (Wildman–Crippen LogP) is 7.68. The van der Waals surface area contributed by atoms with Gasteiger partial charge in [-0.05, 0) is 86.1 Å². The first-order valence-electron chi connectivity index (χ1n) is 14.0. The third-order valence-corrected chi connectivity index (χ3v) is 7.74. The first-order chi connectivity index (χ1) is 17.0. The fourth-order valence-electron chi connectivity index (χ4n) is 5.49. The lowest BCUT2D eigenvalue weighted by Crippen LogP contribution is -2.35. The highest BCUT2D eigenvalue weighted by atomic mass is 15.3. The Balaban J connectivity index is 1.78. The molecular weight excluding hydrogens is 428 g/mol. The zero-order valence-corrected chi connectivity index (χ0v) is 22.7. The SMILES string of the molecule is CC/C=C(NC(=C1CCC1)N1CCC(CCC)(CCCCC)C1)/C(N)=C\C=C(/C)c1cccnc1. The number of unbranched alkanes of at least 4 members (excludes halogenated alkanes) is 2. The number of aromatic nitrogens is 1. The molecule has 1 saturated carbocycles. The van der Waals surface area contributed by atoms with Crippen LogP contribution in [-0.4, -0.2) is 23.0 Å². The molecule has 1 atom stereocenters. The summed E-state index contributed by atoms with van der Waals surface area (Å²) in [5, 5.41) is 3.84. The molecule has 3 rings (SSSR count). The van der Waals surface area contributed by atoms with Crippen LogP contribution < -0.4 is 11.1 Å². The first-order valence-corrected chi connectivity index (χ1v) is 14.0. The minimum atomic E-state index is 0.473. The van der Waals surface area contributed by atoms with Crippen molar-refractivity contribution in [2.75, 3.05) is 13.1 Å². The summed E-state index contributed by atoms with van der Waals surface area (Å²) in [4.78, 5) is 6.89. The molecule has 1 aromatic heterocycles. The maximum atomic E-state index is 6.65. The summed E-state index contributed by atoms with van der Waals surface area (Å²) >= 11 is 0. The third kappa shape index (κ3) is 7.49. The second-order valence-electron chi connectivity index (χ2n) is 10.5. The normalized spacial score (nSPS) is 21.3. The molecule has 4 heteroatoms. The highest BCUT2D eigenvalue weighted by Crippen LogP contribution is 2.42. The molecule has 4 nitrogen and oxygen atoms in total. The van der Waals surface area contributed by atoms with Gasteiger partial charge in [0.25, 0.3) is 0 Å². The van der Waals surface area contributed by atoms with E-state index in [4.69, 9.17) is 5.73 Å². The van der Waals surface area contributed by atoms with Gasteiger partial charge in [-0.1, -0.05) is 64.7 Å². The summed E-state index contributed by atoms with van der Waals surface area (Å²) < 4.78 is 0. The Kier molecular flexibility index (Phi) is 10.5. The van der Waals surface area contributed by atoms with Gasteiger partial charge in [0.15, 0.2) is 0 Å². The molecule has 192 valence electrons. The van der Waals surface area contributed by atoms with Crippen molar-refractivity contribution in [1.82, 2.24) is 15.2 Å². The van der Waals surface area contributed by atoms with E-state index in [0.29, 0.717) is 5.41 Å². The van der Waals surface area contributed by atoms with E-state index in [-0.39, 0.29) is 0 Å². The molecule has 1 saturated heterocycles. The molecule has 0 bridgehead atoms. The number of nitrogens with one attached hydrogen (secondary N) is 1. The summed E-state index contributed by atoms with van der Waals surface area (Å²) in [6, 6.07) is 4.05. The molecule has 2 fully saturated rings. The molecule has 2 heterocycles. The van der Waals surface area contributed by atoms with Gasteiger partial charge >= 0.3 is 0 Å². The minimum Gasteiger partial charge on any atom is -0.397 e. The summed E-state index contributed by atoms with van der Waals surface area (Å²) in [6.07, 6.45) is 24.0. The summed E-state index contributed by atoms with van der Waals surface area (Å²) in [5.41, 5.74) is 12.8. The van der Waals surface area contributed by atoms with Crippen molar-refractivity contribution < 1.29 is 0 Å². The number of pyridine rings is 1. The average Bonchev–Trinajstić information content (AvgIpc) is 3.25. The lowest BCUT2D eigenvalue weighted by Gasteiger charge is -2.34. The van der Waals surface area contributed by atoms with Gasteiger partial charge in [-0.25, -0.2) is 0 Å². The van der Waals surface area contributed by atoms with E-state index >= 15 is 0 Å². The van der Waals surface area contributed by atoms with Gasteiger partial charge in [-0.2, -0.15) is 0 Å². The zero-order chi connectivity index (χ0) is 25.1. The Labute approximate surface area is 214 Å². The Morgan fingerprint density at radius 3 is 2.60 bits per heavy atom. The average molecular weight is 477 g/mol. The molecule has 0 spiro atoms. The third-order valence-electron chi connectivity index (χ3n) is 7.74. The lowest BCUT2D eigenvalue weighted by molar-refractivity contribution is 0.228. The summed E-state index contributed by atoms with van der Waals surface area (Å²) in [7, 11) is 0. The van der Waals surface area contributed by atoms with E-state index < -0.39 is 0 Å². The van der Waals surface area contributed by atoms with Gasteiger partial charge in [0.05, 0.1) is 11.4 Å². The fourth-order valence-corrected chi connectivity index (χ4v) is 5.49. The number of rotatable bonds is 13. The van der Waals surface area contributed by atoms with Gasteiger partial charge in [0.2, 0.25) is 0 Å². The van der Waals surface area contributed by atoms with Crippen LogP contribution >= 0.6 is 0 Å². The van der Waals surface area contributed by atoms with Crippen molar-refractivity contribution in [2.45, 2.75) is 98.3 Å². The molecule has 1 aromatic rings. The Bertz CT molecular complexity index is 919. The van der Waals surface area contributed by atoms with Crippen LogP contribution in [0.25, 0.3) is 5.57 Å². The minimum absolute atomic E-state index is 0.473. The van der Waals surface area contributed by atoms with Crippen LogP contribution in [0.3, 0.4) is 0 Å². The van der Waals surface area contributed by atoms with Crippen LogP contribution in [0.1, 0.15) is 104 Å². The Hall–Kier alpha value is -2.49. The van der Waals surface area contributed by atoms with Crippen molar-refractivity contribution in [2.24, 2.45) is 11.1 Å². The van der Waals surface area contributed by atoms with Crippen molar-refractivity contribution in [3.63, 3.8) is 0 Å². The van der Waals surface area contributed by atoms with Crippen LogP contribution in [0.4, 0.5) is 0 Å². The van der Waals surface area contributed by atoms with E-state index in [1.165, 1.54) is 76.6 Å². The van der Waals surface area contributed by atoms with E-state index in [1.807, 2.05) is 18.3 Å². The fraction of sp³-hybridized carbons (Fsp3) is 0.581. The molecule has 1 unspecified atom stereocenters. The van der Waals surface area contributed by atoms with Crippen LogP contribution in [0, 0.1) is 5.41 Å². The standard InChI is InChI=1S/C31H48N4/c1-5-8-9-19-31(18-7-3)20-22-35(24-31)30(26-13-10-14-26)34-29(12-6-2)28(32)17-16-25(4)27-15-11-21-33-23-27/h11-12,15-17,21,23,34H,5-10,13-14,18-20,22,24,32H2,1-4H3/b25-16+,28-17+,29-12-. The number of hydrogen-bond acceptors (Lipinski definition) is 4. The van der Waals surface area contributed by atoms with Crippen LogP contribution in [-0.2, 0) is 0 Å². The maximum Gasteiger partial charge on any atom is 0.105 e. The molecular formula is C31H48N4. The van der Waals surface area contributed by atoms with Crippen molar-refractivity contribution >= 4 is 5.57 Å². The molecule has 0 radical (unpaired) electrons. The van der Waals surface area contributed by atoms with Gasteiger partial charge in [0.1, 0.15) is 5.82 Å². The first kappa shape index (κ1) is 27.1. The van der Waals surface area contributed by atoms with E-state index in [1.54, 1.807) is 11.8 Å². The number of nitrogens with zero attached hydrogens (tertiary/aromatic N) is 2. The smallest absolute Gasteiger partial charge is 0.105 e. The molecule has 0 amide bonds. The molecule has 0 aromatic carbocycles. The molecule has 1 aliphatic heterocycles. The maximum absolute atomic E-state index is 6.65. The van der Waals surface area contributed by atoms with E-state index in [2.05, 4.69) is 61.1 Å². The second kappa shape index (κ2) is 13.6. The van der Waals surface area contributed by atoms with Crippen LogP contribution in [0.2, 0.25) is 0 Å². The van der Waals surface area contributed by atoms with Crippen molar-refractivity contribution in [3.8, 4) is 0 Å². The summed E-state index contributed by atoms with van der Waals surface area (Å²) in [6.45, 7) is 11.3. The van der Waals surface area contributed by atoms with E-state index in [0.717, 1.165) is 35.5 Å². The quantitative estimate of drug-likeness (QED) is 0.226. The van der Waals surface area contributed by atoms with E-state index in [9.17, 15) is 0 Å². The number of hydrogen-bond donors (Lipinski definition) is 2. The number of likely N-dealkylation sites (tertiary alicyclic amines) is 1. The summed E-state index contributed by atoms with van der Waals surface area (Å²) in [5.74, 6) is 1.34. The molecule has 3 N–H and O–H groups in total. The van der Waals surface area contributed by atoms with Gasteiger partial charge < -0.3 is 16.0 Å². The van der Waals surface area contributed by atoms with Crippen LogP contribution in [0.15, 0.2) is 65.5 Å². The Morgan fingerprint density at radius 1 is 1.14 bits per heavy atom.